The van der Waals surface area contributed by atoms with E-state index in [4.69, 9.17) is 0 Å². The van der Waals surface area contributed by atoms with Gasteiger partial charge in [-0.05, 0) is 17.9 Å². The first-order valence-corrected chi connectivity index (χ1v) is 4.30. The van der Waals surface area contributed by atoms with Crippen molar-refractivity contribution in [3.05, 3.63) is 23.8 Å². The monoisotopic (exact) mass is 165 g/mol. The first-order valence-electron chi connectivity index (χ1n) is 4.30. The summed E-state index contributed by atoms with van der Waals surface area (Å²) in [6.07, 6.45) is 7.55. The summed E-state index contributed by atoms with van der Waals surface area (Å²) in [5.41, 5.74) is 1.21. The van der Waals surface area contributed by atoms with E-state index in [1.807, 2.05) is 0 Å². The van der Waals surface area contributed by atoms with Gasteiger partial charge in [0.25, 0.3) is 0 Å². The Balaban J connectivity index is 2.41. The van der Waals surface area contributed by atoms with Crippen LogP contribution in [-0.2, 0) is 4.79 Å². The van der Waals surface area contributed by atoms with Crippen molar-refractivity contribution in [1.29, 1.82) is 0 Å². The highest BCUT2D eigenvalue weighted by atomic mass is 16.1. The molecule has 0 saturated carbocycles. The summed E-state index contributed by atoms with van der Waals surface area (Å²) in [4.78, 5) is 10.6. The van der Waals surface area contributed by atoms with Gasteiger partial charge >= 0.3 is 0 Å². The molecular weight excluding hydrogens is 150 g/mol. The Morgan fingerprint density at radius 1 is 1.75 bits per heavy atom. The molecule has 2 heteroatoms. The van der Waals surface area contributed by atoms with Gasteiger partial charge in [0.15, 0.2) is 0 Å². The molecule has 1 N–H and O–H groups in total. The fourth-order valence-corrected chi connectivity index (χ4v) is 1.27. The third-order valence-electron chi connectivity index (χ3n) is 1.88. The van der Waals surface area contributed by atoms with Crippen LogP contribution >= 0.6 is 0 Å². The van der Waals surface area contributed by atoms with Crippen molar-refractivity contribution in [3.8, 4) is 0 Å². The van der Waals surface area contributed by atoms with Crippen molar-refractivity contribution in [1.82, 2.24) is 5.32 Å². The lowest BCUT2D eigenvalue weighted by atomic mass is 9.98. The van der Waals surface area contributed by atoms with Crippen LogP contribution in [0.5, 0.6) is 0 Å². The Morgan fingerprint density at radius 3 is 3.08 bits per heavy atom. The van der Waals surface area contributed by atoms with E-state index in [-0.39, 0.29) is 5.91 Å². The third-order valence-corrected chi connectivity index (χ3v) is 1.88. The molecule has 0 aromatic heterocycles. The van der Waals surface area contributed by atoms with Gasteiger partial charge in [-0.1, -0.05) is 25.2 Å². The summed E-state index contributed by atoms with van der Waals surface area (Å²) < 4.78 is 0. The van der Waals surface area contributed by atoms with Crippen molar-refractivity contribution in [2.45, 2.75) is 20.3 Å². The zero-order valence-electron chi connectivity index (χ0n) is 7.63. The molecule has 0 saturated heterocycles. The molecule has 12 heavy (non-hydrogen) atoms. The summed E-state index contributed by atoms with van der Waals surface area (Å²) in [6.45, 7) is 4.38. The summed E-state index contributed by atoms with van der Waals surface area (Å²) in [7, 11) is 0. The number of carbonyl (C=O) groups is 1. The highest BCUT2D eigenvalue weighted by Gasteiger charge is 2.03. The fourth-order valence-electron chi connectivity index (χ4n) is 1.27. The SMILES string of the molecule is CC(=O)NCC1=CC(C)CC=C1. The molecule has 1 aliphatic carbocycles. The Kier molecular flexibility index (Phi) is 3.09. The van der Waals surface area contributed by atoms with E-state index < -0.39 is 0 Å². The first kappa shape index (κ1) is 9.04. The first-order chi connectivity index (χ1) is 5.68. The lowest BCUT2D eigenvalue weighted by molar-refractivity contribution is -0.118. The van der Waals surface area contributed by atoms with Gasteiger partial charge in [0.05, 0.1) is 0 Å². The lowest BCUT2D eigenvalue weighted by Crippen LogP contribution is -2.22. The maximum absolute atomic E-state index is 10.6. The highest BCUT2D eigenvalue weighted by molar-refractivity contribution is 5.73. The molecular formula is C10H15NO. The fraction of sp³-hybridized carbons (Fsp3) is 0.500. The Labute approximate surface area is 73.4 Å². The highest BCUT2D eigenvalue weighted by Crippen LogP contribution is 2.14. The molecule has 0 aliphatic heterocycles. The van der Waals surface area contributed by atoms with Crippen molar-refractivity contribution in [2.24, 2.45) is 5.92 Å². The van der Waals surface area contributed by atoms with Crippen LogP contribution in [0.4, 0.5) is 0 Å². The predicted octanol–water partition coefficient (Wildman–Crippen LogP) is 1.64. The molecule has 0 heterocycles. The third kappa shape index (κ3) is 2.91. The summed E-state index contributed by atoms with van der Waals surface area (Å²) >= 11 is 0. The minimum atomic E-state index is 0.0301. The lowest BCUT2D eigenvalue weighted by Gasteiger charge is -2.12. The summed E-state index contributed by atoms with van der Waals surface area (Å²) in [5, 5.41) is 2.78. The van der Waals surface area contributed by atoms with Gasteiger partial charge < -0.3 is 5.32 Å². The van der Waals surface area contributed by atoms with E-state index in [1.165, 1.54) is 12.5 Å². The van der Waals surface area contributed by atoms with Crippen LogP contribution in [0.1, 0.15) is 20.3 Å². The summed E-state index contributed by atoms with van der Waals surface area (Å²) in [6, 6.07) is 0. The Morgan fingerprint density at radius 2 is 2.50 bits per heavy atom. The number of carbonyl (C=O) groups excluding carboxylic acids is 1. The predicted molar refractivity (Wildman–Crippen MR) is 49.7 cm³/mol. The molecule has 0 fully saturated rings. The molecule has 1 rings (SSSR count). The van der Waals surface area contributed by atoms with Gasteiger partial charge in [-0.25, -0.2) is 0 Å². The molecule has 0 aromatic carbocycles. The molecule has 2 nitrogen and oxygen atoms in total. The van der Waals surface area contributed by atoms with E-state index in [9.17, 15) is 4.79 Å². The average molecular weight is 165 g/mol. The van der Waals surface area contributed by atoms with Crippen molar-refractivity contribution in [2.75, 3.05) is 6.54 Å². The standard InChI is InChI=1S/C10H15NO/c1-8-4-3-5-10(6-8)7-11-9(2)12/h3,5-6,8H,4,7H2,1-2H3,(H,11,12). The smallest absolute Gasteiger partial charge is 0.217 e. The number of amides is 1. The van der Waals surface area contributed by atoms with Gasteiger partial charge in [-0.2, -0.15) is 0 Å². The van der Waals surface area contributed by atoms with Crippen molar-refractivity contribution < 1.29 is 4.79 Å². The van der Waals surface area contributed by atoms with Crippen LogP contribution in [-0.4, -0.2) is 12.5 Å². The molecule has 1 unspecified atom stereocenters. The van der Waals surface area contributed by atoms with Crippen LogP contribution in [0.25, 0.3) is 0 Å². The van der Waals surface area contributed by atoms with Gasteiger partial charge in [0.1, 0.15) is 0 Å². The number of allylic oxidation sites excluding steroid dienone is 2. The Bertz CT molecular complexity index is 228. The molecule has 1 atom stereocenters. The number of rotatable bonds is 2. The molecule has 1 amide bonds. The van der Waals surface area contributed by atoms with Crippen LogP contribution in [0, 0.1) is 5.92 Å². The second kappa shape index (κ2) is 4.10. The molecule has 0 spiro atoms. The largest absolute Gasteiger partial charge is 0.352 e. The molecule has 0 radical (unpaired) electrons. The summed E-state index contributed by atoms with van der Waals surface area (Å²) in [5.74, 6) is 0.640. The number of hydrogen-bond acceptors (Lipinski definition) is 1. The zero-order valence-corrected chi connectivity index (χ0v) is 7.63. The van der Waals surface area contributed by atoms with Crippen LogP contribution < -0.4 is 5.32 Å². The van der Waals surface area contributed by atoms with Gasteiger partial charge in [-0.3, -0.25) is 4.79 Å². The minimum Gasteiger partial charge on any atom is -0.352 e. The second-order valence-corrected chi connectivity index (χ2v) is 3.27. The van der Waals surface area contributed by atoms with Crippen molar-refractivity contribution in [3.63, 3.8) is 0 Å². The number of hydrogen-bond donors (Lipinski definition) is 1. The van der Waals surface area contributed by atoms with E-state index in [0.29, 0.717) is 12.5 Å². The number of nitrogens with one attached hydrogen (secondary N) is 1. The van der Waals surface area contributed by atoms with E-state index in [1.54, 1.807) is 0 Å². The van der Waals surface area contributed by atoms with Crippen LogP contribution in [0.2, 0.25) is 0 Å². The van der Waals surface area contributed by atoms with Crippen LogP contribution in [0.3, 0.4) is 0 Å². The minimum absolute atomic E-state index is 0.0301. The topological polar surface area (TPSA) is 29.1 Å². The Hall–Kier alpha value is -1.05. The van der Waals surface area contributed by atoms with Gasteiger partial charge in [0, 0.05) is 13.5 Å². The quantitative estimate of drug-likeness (QED) is 0.662. The van der Waals surface area contributed by atoms with Gasteiger partial charge in [0.2, 0.25) is 5.91 Å². The van der Waals surface area contributed by atoms with Crippen molar-refractivity contribution >= 4 is 5.91 Å². The van der Waals surface area contributed by atoms with E-state index >= 15 is 0 Å². The van der Waals surface area contributed by atoms with Gasteiger partial charge in [-0.15, -0.1) is 0 Å². The normalized spacial score (nSPS) is 21.8. The molecule has 0 aromatic rings. The van der Waals surface area contributed by atoms with E-state index in [2.05, 4.69) is 30.5 Å². The average Bonchev–Trinajstić information content (AvgIpc) is 2.01. The van der Waals surface area contributed by atoms with Crippen LogP contribution in [0.15, 0.2) is 23.8 Å². The zero-order chi connectivity index (χ0) is 8.97. The second-order valence-electron chi connectivity index (χ2n) is 3.27. The molecule has 1 aliphatic rings. The maximum atomic E-state index is 10.6. The molecule has 0 bridgehead atoms. The maximum Gasteiger partial charge on any atom is 0.217 e. The van der Waals surface area contributed by atoms with E-state index in [0.717, 1.165) is 6.42 Å². The molecule has 66 valence electrons.